The lowest BCUT2D eigenvalue weighted by molar-refractivity contribution is 0.0697. The zero-order valence-corrected chi connectivity index (χ0v) is 14.4. The minimum absolute atomic E-state index is 0.0642. The van der Waals surface area contributed by atoms with Crippen LogP contribution in [0.15, 0.2) is 55.4 Å². The summed E-state index contributed by atoms with van der Waals surface area (Å²) in [6.45, 7) is 2.08. The van der Waals surface area contributed by atoms with Crippen LogP contribution in [-0.4, -0.2) is 48.4 Å². The first-order chi connectivity index (χ1) is 12.8. The number of aromatic nitrogens is 5. The number of carbonyl (C=O) groups excluding carboxylic acids is 1. The number of likely N-dealkylation sites (tertiary alicyclic amines) is 1. The summed E-state index contributed by atoms with van der Waals surface area (Å²) in [6, 6.07) is 5.91. The minimum atomic E-state index is -0.0642. The number of carbonyl (C=O) groups is 1. The number of piperidine rings is 1. The SMILES string of the molecule is O=C(c1cnccn1)N1CCCC(c2nccn2Cc2ccccn2)C1. The van der Waals surface area contributed by atoms with Crippen molar-refractivity contribution in [3.8, 4) is 0 Å². The van der Waals surface area contributed by atoms with Gasteiger partial charge in [-0.25, -0.2) is 9.97 Å². The fraction of sp³-hybridized carbons (Fsp3) is 0.316. The van der Waals surface area contributed by atoms with E-state index in [9.17, 15) is 4.79 Å². The van der Waals surface area contributed by atoms with Crippen LogP contribution in [0.2, 0.25) is 0 Å². The quantitative estimate of drug-likeness (QED) is 0.722. The van der Waals surface area contributed by atoms with Crippen molar-refractivity contribution in [2.75, 3.05) is 13.1 Å². The van der Waals surface area contributed by atoms with Gasteiger partial charge in [-0.1, -0.05) is 6.07 Å². The van der Waals surface area contributed by atoms with Crippen molar-refractivity contribution in [2.45, 2.75) is 25.3 Å². The normalized spacial score (nSPS) is 17.2. The van der Waals surface area contributed by atoms with E-state index in [-0.39, 0.29) is 11.8 Å². The molecule has 0 spiro atoms. The zero-order chi connectivity index (χ0) is 17.8. The van der Waals surface area contributed by atoms with Crippen molar-refractivity contribution in [3.63, 3.8) is 0 Å². The molecular formula is C19H20N6O. The second-order valence-electron chi connectivity index (χ2n) is 6.42. The molecule has 1 atom stereocenters. The van der Waals surface area contributed by atoms with Crippen LogP contribution in [0.1, 0.15) is 40.8 Å². The predicted octanol–water partition coefficient (Wildman–Crippen LogP) is 2.14. The Morgan fingerprint density at radius 3 is 2.88 bits per heavy atom. The summed E-state index contributed by atoms with van der Waals surface area (Å²) >= 11 is 0. The predicted molar refractivity (Wildman–Crippen MR) is 95.5 cm³/mol. The molecule has 26 heavy (non-hydrogen) atoms. The lowest BCUT2D eigenvalue weighted by Gasteiger charge is -2.32. The van der Waals surface area contributed by atoms with Crippen LogP contribution in [0.5, 0.6) is 0 Å². The molecule has 0 aromatic carbocycles. The van der Waals surface area contributed by atoms with Crippen molar-refractivity contribution < 1.29 is 4.79 Å². The van der Waals surface area contributed by atoms with Gasteiger partial charge in [-0.2, -0.15) is 0 Å². The molecule has 132 valence electrons. The van der Waals surface area contributed by atoms with Crippen LogP contribution in [0.25, 0.3) is 0 Å². The highest BCUT2D eigenvalue weighted by Crippen LogP contribution is 2.27. The average Bonchev–Trinajstić information content (AvgIpc) is 3.17. The molecular weight excluding hydrogens is 328 g/mol. The van der Waals surface area contributed by atoms with Gasteiger partial charge in [-0.3, -0.25) is 14.8 Å². The molecule has 0 N–H and O–H groups in total. The average molecular weight is 348 g/mol. The van der Waals surface area contributed by atoms with Crippen molar-refractivity contribution in [1.82, 2.24) is 29.4 Å². The Morgan fingerprint density at radius 1 is 1.12 bits per heavy atom. The molecule has 0 saturated carbocycles. The van der Waals surface area contributed by atoms with Gasteiger partial charge in [-0.05, 0) is 25.0 Å². The topological polar surface area (TPSA) is 76.8 Å². The van der Waals surface area contributed by atoms with E-state index < -0.39 is 0 Å². The van der Waals surface area contributed by atoms with Crippen molar-refractivity contribution in [2.24, 2.45) is 0 Å². The Morgan fingerprint density at radius 2 is 2.08 bits per heavy atom. The first kappa shape index (κ1) is 16.4. The highest BCUT2D eigenvalue weighted by atomic mass is 16.2. The van der Waals surface area contributed by atoms with Gasteiger partial charge >= 0.3 is 0 Å². The van der Waals surface area contributed by atoms with Gasteiger partial charge in [0.05, 0.1) is 18.4 Å². The number of hydrogen-bond donors (Lipinski definition) is 0. The highest BCUT2D eigenvalue weighted by Gasteiger charge is 2.28. The molecule has 1 saturated heterocycles. The summed E-state index contributed by atoms with van der Waals surface area (Å²) in [4.78, 5) is 31.6. The van der Waals surface area contributed by atoms with Crippen LogP contribution in [0, 0.1) is 0 Å². The standard InChI is InChI=1S/C19H20N6O/c26-19(17-12-20-7-8-22-17)25-10-3-4-15(13-25)18-23-9-11-24(18)14-16-5-1-2-6-21-16/h1-2,5-9,11-12,15H,3-4,10,13-14H2. The number of pyridine rings is 1. The van der Waals surface area contributed by atoms with Crippen LogP contribution in [0.4, 0.5) is 0 Å². The van der Waals surface area contributed by atoms with E-state index in [0.717, 1.165) is 30.9 Å². The highest BCUT2D eigenvalue weighted by molar-refractivity contribution is 5.92. The van der Waals surface area contributed by atoms with Gasteiger partial charge in [0, 0.05) is 50.0 Å². The van der Waals surface area contributed by atoms with E-state index in [2.05, 4.69) is 24.5 Å². The van der Waals surface area contributed by atoms with Crippen molar-refractivity contribution in [1.29, 1.82) is 0 Å². The molecule has 0 radical (unpaired) electrons. The summed E-state index contributed by atoms with van der Waals surface area (Å²) in [5, 5.41) is 0. The first-order valence-electron chi connectivity index (χ1n) is 8.77. The molecule has 0 bridgehead atoms. The second-order valence-corrected chi connectivity index (χ2v) is 6.42. The van der Waals surface area contributed by atoms with Crippen LogP contribution in [0.3, 0.4) is 0 Å². The molecule has 7 nitrogen and oxygen atoms in total. The summed E-state index contributed by atoms with van der Waals surface area (Å²) in [6.07, 6.45) is 12.2. The molecule has 1 fully saturated rings. The monoisotopic (exact) mass is 348 g/mol. The lowest BCUT2D eigenvalue weighted by Crippen LogP contribution is -2.40. The van der Waals surface area contributed by atoms with Crippen LogP contribution >= 0.6 is 0 Å². The lowest BCUT2D eigenvalue weighted by atomic mass is 9.96. The number of hydrogen-bond acceptors (Lipinski definition) is 5. The van der Waals surface area contributed by atoms with E-state index >= 15 is 0 Å². The molecule has 0 aliphatic carbocycles. The Kier molecular flexibility index (Phi) is 4.68. The van der Waals surface area contributed by atoms with Gasteiger partial charge in [0.1, 0.15) is 11.5 Å². The zero-order valence-electron chi connectivity index (χ0n) is 14.4. The Hall–Kier alpha value is -3.09. The summed E-state index contributed by atoms with van der Waals surface area (Å²) < 4.78 is 2.13. The third kappa shape index (κ3) is 3.46. The molecule has 4 rings (SSSR count). The fourth-order valence-corrected chi connectivity index (χ4v) is 3.42. The molecule has 1 unspecified atom stereocenters. The summed E-state index contributed by atoms with van der Waals surface area (Å²) in [5.74, 6) is 1.15. The minimum Gasteiger partial charge on any atom is -0.337 e. The third-order valence-corrected chi connectivity index (χ3v) is 4.66. The Labute approximate surface area is 151 Å². The molecule has 7 heteroatoms. The maximum atomic E-state index is 12.7. The molecule has 1 amide bonds. The van der Waals surface area contributed by atoms with Crippen LogP contribution in [-0.2, 0) is 6.54 Å². The van der Waals surface area contributed by atoms with E-state index in [4.69, 9.17) is 0 Å². The third-order valence-electron chi connectivity index (χ3n) is 4.66. The van der Waals surface area contributed by atoms with E-state index in [1.807, 2.05) is 35.5 Å². The van der Waals surface area contributed by atoms with Gasteiger partial charge in [0.15, 0.2) is 0 Å². The van der Waals surface area contributed by atoms with Crippen molar-refractivity contribution >= 4 is 5.91 Å². The second kappa shape index (κ2) is 7.43. The molecule has 1 aliphatic heterocycles. The van der Waals surface area contributed by atoms with Crippen molar-refractivity contribution in [3.05, 3.63) is 72.6 Å². The molecule has 4 heterocycles. The maximum absolute atomic E-state index is 12.7. The molecule has 3 aromatic rings. The number of imidazole rings is 1. The van der Waals surface area contributed by atoms with E-state index in [0.29, 0.717) is 18.8 Å². The Balaban J connectivity index is 1.50. The molecule has 1 aliphatic rings. The Bertz CT molecular complexity index is 864. The summed E-state index contributed by atoms with van der Waals surface area (Å²) in [7, 11) is 0. The fourth-order valence-electron chi connectivity index (χ4n) is 3.42. The number of amides is 1. The van der Waals surface area contributed by atoms with Crippen LogP contribution < -0.4 is 0 Å². The summed E-state index contributed by atoms with van der Waals surface area (Å²) in [5.41, 5.74) is 1.39. The first-order valence-corrected chi connectivity index (χ1v) is 8.77. The maximum Gasteiger partial charge on any atom is 0.274 e. The largest absolute Gasteiger partial charge is 0.337 e. The molecule has 3 aromatic heterocycles. The van der Waals surface area contributed by atoms with E-state index in [1.165, 1.54) is 6.20 Å². The van der Waals surface area contributed by atoms with E-state index in [1.54, 1.807) is 18.6 Å². The van der Waals surface area contributed by atoms with Gasteiger partial charge < -0.3 is 9.47 Å². The van der Waals surface area contributed by atoms with Gasteiger partial charge in [0.25, 0.3) is 5.91 Å². The smallest absolute Gasteiger partial charge is 0.274 e. The van der Waals surface area contributed by atoms with Gasteiger partial charge in [-0.15, -0.1) is 0 Å². The van der Waals surface area contributed by atoms with Gasteiger partial charge in [0.2, 0.25) is 0 Å². The number of nitrogens with zero attached hydrogens (tertiary/aromatic N) is 6. The number of rotatable bonds is 4.